The van der Waals surface area contributed by atoms with Gasteiger partial charge >= 0.3 is 0 Å². The van der Waals surface area contributed by atoms with E-state index in [2.05, 4.69) is 39.9 Å². The molecular formula is C17H22N2OS. The summed E-state index contributed by atoms with van der Waals surface area (Å²) in [5, 5.41) is 6.83. The highest BCUT2D eigenvalue weighted by Crippen LogP contribution is 2.41. The second-order valence-corrected chi connectivity index (χ2v) is 6.54. The molecule has 3 rings (SSSR count). The van der Waals surface area contributed by atoms with Crippen molar-refractivity contribution in [2.45, 2.75) is 31.7 Å². The summed E-state index contributed by atoms with van der Waals surface area (Å²) in [7, 11) is 1.73. The molecule has 0 amide bonds. The fraction of sp³-hybridized carbons (Fsp3) is 0.471. The fourth-order valence-electron chi connectivity index (χ4n) is 2.57. The number of benzene rings is 1. The maximum atomic E-state index is 5.16. The van der Waals surface area contributed by atoms with Crippen LogP contribution in [0, 0.1) is 6.92 Å². The molecule has 1 fully saturated rings. The van der Waals surface area contributed by atoms with Gasteiger partial charge in [0.25, 0.3) is 0 Å². The van der Waals surface area contributed by atoms with Crippen molar-refractivity contribution >= 4 is 11.3 Å². The van der Waals surface area contributed by atoms with Gasteiger partial charge < -0.3 is 10.1 Å². The number of hydrogen-bond acceptors (Lipinski definition) is 4. The van der Waals surface area contributed by atoms with E-state index in [0.29, 0.717) is 6.61 Å². The van der Waals surface area contributed by atoms with Gasteiger partial charge in [-0.3, -0.25) is 0 Å². The largest absolute Gasteiger partial charge is 0.383 e. The van der Waals surface area contributed by atoms with Crippen LogP contribution in [0.3, 0.4) is 0 Å². The van der Waals surface area contributed by atoms with Gasteiger partial charge in [0.1, 0.15) is 5.01 Å². The SMILES string of the molecule is COCCNC(c1cccc(C2CC2)c1)c1nc(C)cs1. The van der Waals surface area contributed by atoms with Crippen molar-refractivity contribution in [3.8, 4) is 0 Å². The predicted octanol–water partition coefficient (Wildman–Crippen LogP) is 3.65. The van der Waals surface area contributed by atoms with Crippen LogP contribution >= 0.6 is 11.3 Å². The standard InChI is InChI=1S/C17H22N2OS/c1-12-11-21-17(19-12)16(18-8-9-20-2)15-5-3-4-14(10-15)13-6-7-13/h3-5,10-11,13,16,18H,6-9H2,1-2H3. The Kier molecular flexibility index (Phi) is 4.68. The van der Waals surface area contributed by atoms with Gasteiger partial charge in [0.15, 0.2) is 0 Å². The van der Waals surface area contributed by atoms with E-state index >= 15 is 0 Å². The fourth-order valence-corrected chi connectivity index (χ4v) is 3.46. The summed E-state index contributed by atoms with van der Waals surface area (Å²) in [5.41, 5.74) is 3.87. The van der Waals surface area contributed by atoms with Crippen LogP contribution in [0.5, 0.6) is 0 Å². The van der Waals surface area contributed by atoms with Gasteiger partial charge in [-0.25, -0.2) is 4.98 Å². The molecule has 1 saturated carbocycles. The van der Waals surface area contributed by atoms with Crippen molar-refractivity contribution < 1.29 is 4.74 Å². The minimum absolute atomic E-state index is 0.164. The van der Waals surface area contributed by atoms with E-state index in [0.717, 1.165) is 23.2 Å². The Balaban J connectivity index is 1.84. The van der Waals surface area contributed by atoms with E-state index in [-0.39, 0.29) is 6.04 Å². The Morgan fingerprint density at radius 3 is 2.95 bits per heavy atom. The molecule has 1 heterocycles. The molecule has 1 aromatic heterocycles. The molecule has 2 aromatic rings. The Labute approximate surface area is 130 Å². The van der Waals surface area contributed by atoms with Crippen molar-refractivity contribution in [3.63, 3.8) is 0 Å². The Morgan fingerprint density at radius 1 is 1.43 bits per heavy atom. The molecule has 0 aliphatic heterocycles. The lowest BCUT2D eigenvalue weighted by atomic mass is 10.0. The summed E-state index contributed by atoms with van der Waals surface area (Å²) in [5.74, 6) is 0.780. The second kappa shape index (κ2) is 6.69. The van der Waals surface area contributed by atoms with Gasteiger partial charge in [-0.2, -0.15) is 0 Å². The monoisotopic (exact) mass is 302 g/mol. The highest BCUT2D eigenvalue weighted by molar-refractivity contribution is 7.09. The molecule has 1 aromatic carbocycles. The zero-order valence-corrected chi connectivity index (χ0v) is 13.5. The first-order valence-electron chi connectivity index (χ1n) is 7.52. The van der Waals surface area contributed by atoms with E-state index in [1.807, 2.05) is 6.92 Å². The van der Waals surface area contributed by atoms with Gasteiger partial charge in [-0.15, -0.1) is 11.3 Å². The van der Waals surface area contributed by atoms with E-state index in [1.54, 1.807) is 18.4 Å². The number of nitrogens with zero attached hydrogens (tertiary/aromatic N) is 1. The predicted molar refractivity (Wildman–Crippen MR) is 87.0 cm³/mol. The zero-order valence-electron chi connectivity index (χ0n) is 12.6. The maximum Gasteiger partial charge on any atom is 0.114 e. The van der Waals surface area contributed by atoms with Crippen LogP contribution in [0.25, 0.3) is 0 Å². The lowest BCUT2D eigenvalue weighted by molar-refractivity contribution is 0.197. The van der Waals surface area contributed by atoms with E-state index in [9.17, 15) is 0 Å². The molecular weight excluding hydrogens is 280 g/mol. The highest BCUT2D eigenvalue weighted by atomic mass is 32.1. The molecule has 0 saturated heterocycles. The quantitative estimate of drug-likeness (QED) is 0.793. The third-order valence-electron chi connectivity index (χ3n) is 3.83. The first kappa shape index (κ1) is 14.7. The van der Waals surface area contributed by atoms with Crippen molar-refractivity contribution in [1.29, 1.82) is 0 Å². The van der Waals surface area contributed by atoms with Crippen LogP contribution in [0.2, 0.25) is 0 Å². The molecule has 1 aliphatic carbocycles. The van der Waals surface area contributed by atoms with Crippen molar-refractivity contribution in [2.24, 2.45) is 0 Å². The first-order valence-corrected chi connectivity index (χ1v) is 8.40. The number of rotatable bonds is 7. The van der Waals surface area contributed by atoms with Gasteiger partial charge in [0.05, 0.1) is 12.6 Å². The number of aryl methyl sites for hydroxylation is 1. The lowest BCUT2D eigenvalue weighted by Gasteiger charge is -2.18. The summed E-state index contributed by atoms with van der Waals surface area (Å²) in [6.45, 7) is 3.59. The van der Waals surface area contributed by atoms with Crippen LogP contribution in [-0.2, 0) is 4.74 Å². The van der Waals surface area contributed by atoms with Gasteiger partial charge in [-0.1, -0.05) is 24.3 Å². The number of aromatic nitrogens is 1. The third kappa shape index (κ3) is 3.70. The normalized spacial score (nSPS) is 16.1. The molecule has 0 bridgehead atoms. The highest BCUT2D eigenvalue weighted by Gasteiger charge is 2.25. The number of nitrogens with one attached hydrogen (secondary N) is 1. The molecule has 1 atom stereocenters. The Bertz CT molecular complexity index is 592. The molecule has 1 N–H and O–H groups in total. The van der Waals surface area contributed by atoms with Crippen LogP contribution in [0.4, 0.5) is 0 Å². The molecule has 0 radical (unpaired) electrons. The van der Waals surface area contributed by atoms with Crippen molar-refractivity contribution in [2.75, 3.05) is 20.3 Å². The summed E-state index contributed by atoms with van der Waals surface area (Å²) in [6.07, 6.45) is 2.67. The Morgan fingerprint density at radius 2 is 2.29 bits per heavy atom. The average Bonchev–Trinajstić information content (AvgIpc) is 3.26. The number of hydrogen-bond donors (Lipinski definition) is 1. The van der Waals surface area contributed by atoms with Gasteiger partial charge in [0.2, 0.25) is 0 Å². The smallest absolute Gasteiger partial charge is 0.114 e. The van der Waals surface area contributed by atoms with Crippen LogP contribution in [-0.4, -0.2) is 25.2 Å². The maximum absolute atomic E-state index is 5.16. The second-order valence-electron chi connectivity index (χ2n) is 5.65. The minimum atomic E-state index is 0.164. The van der Waals surface area contributed by atoms with Crippen molar-refractivity contribution in [1.82, 2.24) is 10.3 Å². The van der Waals surface area contributed by atoms with Gasteiger partial charge in [0, 0.05) is 24.7 Å². The Hall–Kier alpha value is -1.23. The third-order valence-corrected chi connectivity index (χ3v) is 4.86. The summed E-state index contributed by atoms with van der Waals surface area (Å²) >= 11 is 1.73. The molecule has 3 nitrogen and oxygen atoms in total. The van der Waals surface area contributed by atoms with Crippen LogP contribution in [0.15, 0.2) is 29.6 Å². The summed E-state index contributed by atoms with van der Waals surface area (Å²) in [4.78, 5) is 4.67. The molecule has 4 heteroatoms. The molecule has 112 valence electrons. The molecule has 21 heavy (non-hydrogen) atoms. The lowest BCUT2D eigenvalue weighted by Crippen LogP contribution is -2.26. The topological polar surface area (TPSA) is 34.1 Å². The first-order chi connectivity index (χ1) is 10.3. The average molecular weight is 302 g/mol. The van der Waals surface area contributed by atoms with Crippen molar-refractivity contribution in [3.05, 3.63) is 51.5 Å². The van der Waals surface area contributed by atoms with E-state index < -0.39 is 0 Å². The minimum Gasteiger partial charge on any atom is -0.383 e. The number of thiazole rings is 1. The molecule has 1 unspecified atom stereocenters. The van der Waals surface area contributed by atoms with Gasteiger partial charge in [-0.05, 0) is 36.8 Å². The van der Waals surface area contributed by atoms with E-state index in [4.69, 9.17) is 4.74 Å². The van der Waals surface area contributed by atoms with Crippen LogP contribution < -0.4 is 5.32 Å². The molecule has 1 aliphatic rings. The summed E-state index contributed by atoms with van der Waals surface area (Å²) < 4.78 is 5.16. The molecule has 0 spiro atoms. The van der Waals surface area contributed by atoms with E-state index in [1.165, 1.54) is 24.0 Å². The zero-order chi connectivity index (χ0) is 14.7. The summed E-state index contributed by atoms with van der Waals surface area (Å²) in [6, 6.07) is 9.14. The van der Waals surface area contributed by atoms with Crippen LogP contribution in [0.1, 0.15) is 46.6 Å². The number of methoxy groups -OCH3 is 1. The number of ether oxygens (including phenoxy) is 1.